The molecule has 116 valence electrons. The van der Waals surface area contributed by atoms with E-state index in [9.17, 15) is 0 Å². The molecular weight excluding hydrogens is 266 g/mol. The second kappa shape index (κ2) is 6.03. The van der Waals surface area contributed by atoms with Crippen molar-refractivity contribution in [2.45, 2.75) is 58.6 Å². The van der Waals surface area contributed by atoms with Crippen molar-refractivity contribution in [1.82, 2.24) is 15.0 Å². The molecule has 2 fully saturated rings. The summed E-state index contributed by atoms with van der Waals surface area (Å²) in [6, 6.07) is 1.03. The average Bonchev–Trinajstić information content (AvgIpc) is 3.28. The second-order valence-corrected chi connectivity index (χ2v) is 6.27. The summed E-state index contributed by atoms with van der Waals surface area (Å²) in [5.41, 5.74) is 0. The molecule has 0 aliphatic heterocycles. The lowest BCUT2D eigenvalue weighted by molar-refractivity contribution is 0.222. The Bertz CT molecular complexity index is 485. The number of nitrogens with zero attached hydrogens (tertiary/aromatic N) is 4. The minimum absolute atomic E-state index is 0.0625. The van der Waals surface area contributed by atoms with Gasteiger partial charge in [-0.3, -0.25) is 0 Å². The van der Waals surface area contributed by atoms with E-state index in [4.69, 9.17) is 4.74 Å². The van der Waals surface area contributed by atoms with E-state index in [1.807, 2.05) is 20.8 Å². The number of aromatic nitrogens is 3. The summed E-state index contributed by atoms with van der Waals surface area (Å²) in [5, 5.41) is 3.18. The number of hydrogen-bond donors (Lipinski definition) is 1. The first-order valence-corrected chi connectivity index (χ1v) is 8.09. The molecule has 0 aromatic carbocycles. The normalized spacial score (nSPS) is 17.9. The molecule has 6 nitrogen and oxygen atoms in total. The molecule has 1 aromatic heterocycles. The van der Waals surface area contributed by atoms with Gasteiger partial charge in [0.1, 0.15) is 0 Å². The Balaban J connectivity index is 1.84. The fourth-order valence-electron chi connectivity index (χ4n) is 2.33. The second-order valence-electron chi connectivity index (χ2n) is 6.27. The Morgan fingerprint density at radius 2 is 1.95 bits per heavy atom. The van der Waals surface area contributed by atoms with Gasteiger partial charge >= 0.3 is 6.01 Å². The summed E-state index contributed by atoms with van der Waals surface area (Å²) in [4.78, 5) is 15.8. The van der Waals surface area contributed by atoms with E-state index < -0.39 is 0 Å². The van der Waals surface area contributed by atoms with Crippen LogP contribution in [0.3, 0.4) is 0 Å². The molecule has 0 bridgehead atoms. The lowest BCUT2D eigenvalue weighted by atomic mass is 10.3. The van der Waals surface area contributed by atoms with E-state index >= 15 is 0 Å². The number of nitrogens with one attached hydrogen (secondary N) is 1. The standard InChI is InChI=1S/C15H25N5O/c1-4-16-13-17-14(19-15(18-13)21-10(2)3)20(12-7-8-12)9-11-5-6-11/h10-12H,4-9H2,1-3H3,(H,16,17,18,19). The summed E-state index contributed by atoms with van der Waals surface area (Å²) in [6.07, 6.45) is 5.23. The minimum Gasteiger partial charge on any atom is -0.461 e. The van der Waals surface area contributed by atoms with Crippen molar-refractivity contribution in [3.63, 3.8) is 0 Å². The molecular formula is C15H25N5O. The molecule has 1 heterocycles. The Morgan fingerprint density at radius 3 is 2.52 bits per heavy atom. The van der Waals surface area contributed by atoms with E-state index in [1.165, 1.54) is 25.7 Å². The van der Waals surface area contributed by atoms with Crippen molar-refractivity contribution in [2.24, 2.45) is 5.92 Å². The molecule has 1 aromatic rings. The van der Waals surface area contributed by atoms with Crippen LogP contribution in [0.1, 0.15) is 46.5 Å². The van der Waals surface area contributed by atoms with Gasteiger partial charge in [0, 0.05) is 19.1 Å². The fourth-order valence-corrected chi connectivity index (χ4v) is 2.33. The van der Waals surface area contributed by atoms with Crippen molar-refractivity contribution >= 4 is 11.9 Å². The number of ether oxygens (including phenoxy) is 1. The first-order chi connectivity index (χ1) is 10.2. The van der Waals surface area contributed by atoms with Crippen LogP contribution in [0.2, 0.25) is 0 Å². The Hall–Kier alpha value is -1.59. The number of rotatable bonds is 8. The van der Waals surface area contributed by atoms with Crippen molar-refractivity contribution in [3.8, 4) is 6.01 Å². The minimum atomic E-state index is 0.0625. The maximum Gasteiger partial charge on any atom is 0.323 e. The summed E-state index contributed by atoms with van der Waals surface area (Å²) in [6.45, 7) is 7.87. The zero-order chi connectivity index (χ0) is 14.8. The van der Waals surface area contributed by atoms with Gasteiger partial charge in [0.25, 0.3) is 0 Å². The summed E-state index contributed by atoms with van der Waals surface area (Å²) < 4.78 is 5.68. The maximum absolute atomic E-state index is 5.68. The van der Waals surface area contributed by atoms with Crippen LogP contribution < -0.4 is 15.0 Å². The van der Waals surface area contributed by atoms with Crippen LogP contribution in [0, 0.1) is 5.92 Å². The third-order valence-corrected chi connectivity index (χ3v) is 3.68. The molecule has 0 saturated heterocycles. The van der Waals surface area contributed by atoms with E-state index in [0.29, 0.717) is 18.0 Å². The van der Waals surface area contributed by atoms with E-state index in [2.05, 4.69) is 25.2 Å². The van der Waals surface area contributed by atoms with Gasteiger partial charge in [-0.25, -0.2) is 0 Å². The molecule has 6 heteroatoms. The van der Waals surface area contributed by atoms with Gasteiger partial charge in [0.15, 0.2) is 0 Å². The molecule has 21 heavy (non-hydrogen) atoms. The van der Waals surface area contributed by atoms with Gasteiger partial charge in [-0.1, -0.05) is 0 Å². The van der Waals surface area contributed by atoms with Crippen molar-refractivity contribution in [3.05, 3.63) is 0 Å². The molecule has 0 radical (unpaired) electrons. The first kappa shape index (κ1) is 14.4. The summed E-state index contributed by atoms with van der Waals surface area (Å²) >= 11 is 0. The molecule has 0 unspecified atom stereocenters. The SMILES string of the molecule is CCNc1nc(OC(C)C)nc(N(CC2CC2)C2CC2)n1. The molecule has 2 aliphatic rings. The quantitative estimate of drug-likeness (QED) is 0.794. The van der Waals surface area contributed by atoms with Crippen LogP contribution in [0.25, 0.3) is 0 Å². The van der Waals surface area contributed by atoms with Crippen molar-refractivity contribution in [1.29, 1.82) is 0 Å². The Kier molecular flexibility index (Phi) is 4.12. The van der Waals surface area contributed by atoms with E-state index in [0.717, 1.165) is 25.0 Å². The molecule has 0 atom stereocenters. The predicted molar refractivity (Wildman–Crippen MR) is 82.8 cm³/mol. The van der Waals surface area contributed by atoms with Crippen LogP contribution >= 0.6 is 0 Å². The van der Waals surface area contributed by atoms with Crippen LogP contribution in [0.15, 0.2) is 0 Å². The zero-order valence-corrected chi connectivity index (χ0v) is 13.2. The molecule has 2 aliphatic carbocycles. The highest BCUT2D eigenvalue weighted by Crippen LogP contribution is 2.37. The highest BCUT2D eigenvalue weighted by Gasteiger charge is 2.35. The topological polar surface area (TPSA) is 63.2 Å². The monoisotopic (exact) mass is 291 g/mol. The summed E-state index contributed by atoms with van der Waals surface area (Å²) in [5.74, 6) is 2.20. The molecule has 3 rings (SSSR count). The lowest BCUT2D eigenvalue weighted by Gasteiger charge is -2.23. The van der Waals surface area contributed by atoms with Gasteiger partial charge in [-0.2, -0.15) is 15.0 Å². The van der Waals surface area contributed by atoms with E-state index in [1.54, 1.807) is 0 Å². The molecule has 0 amide bonds. The van der Waals surface area contributed by atoms with Gasteiger partial charge < -0.3 is 15.0 Å². The van der Waals surface area contributed by atoms with Crippen LogP contribution in [-0.4, -0.2) is 40.2 Å². The highest BCUT2D eigenvalue weighted by atomic mass is 16.5. The Morgan fingerprint density at radius 1 is 1.19 bits per heavy atom. The Labute approximate surface area is 126 Å². The van der Waals surface area contributed by atoms with Gasteiger partial charge in [-0.15, -0.1) is 0 Å². The molecule has 1 N–H and O–H groups in total. The fraction of sp³-hybridized carbons (Fsp3) is 0.800. The maximum atomic E-state index is 5.68. The number of anilines is 2. The average molecular weight is 291 g/mol. The van der Waals surface area contributed by atoms with Gasteiger partial charge in [-0.05, 0) is 52.4 Å². The smallest absolute Gasteiger partial charge is 0.323 e. The third-order valence-electron chi connectivity index (χ3n) is 3.68. The molecule has 0 spiro atoms. The lowest BCUT2D eigenvalue weighted by Crippen LogP contribution is -2.30. The van der Waals surface area contributed by atoms with Crippen LogP contribution in [-0.2, 0) is 0 Å². The zero-order valence-electron chi connectivity index (χ0n) is 13.2. The van der Waals surface area contributed by atoms with Crippen LogP contribution in [0.4, 0.5) is 11.9 Å². The van der Waals surface area contributed by atoms with Crippen molar-refractivity contribution in [2.75, 3.05) is 23.3 Å². The van der Waals surface area contributed by atoms with Crippen molar-refractivity contribution < 1.29 is 4.74 Å². The molecule has 2 saturated carbocycles. The van der Waals surface area contributed by atoms with Gasteiger partial charge in [0.05, 0.1) is 6.10 Å². The largest absolute Gasteiger partial charge is 0.461 e. The predicted octanol–water partition coefficient (Wildman–Crippen LogP) is 2.47. The summed E-state index contributed by atoms with van der Waals surface area (Å²) in [7, 11) is 0. The highest BCUT2D eigenvalue weighted by molar-refractivity contribution is 5.41. The van der Waals surface area contributed by atoms with Gasteiger partial charge in [0.2, 0.25) is 11.9 Å². The first-order valence-electron chi connectivity index (χ1n) is 8.09. The van der Waals surface area contributed by atoms with Crippen LogP contribution in [0.5, 0.6) is 6.01 Å². The van der Waals surface area contributed by atoms with E-state index in [-0.39, 0.29) is 6.10 Å². The number of hydrogen-bond acceptors (Lipinski definition) is 6. The third kappa shape index (κ3) is 3.95.